The van der Waals surface area contributed by atoms with Crippen molar-refractivity contribution >= 4 is 17.2 Å². The minimum absolute atomic E-state index is 0.245. The Morgan fingerprint density at radius 3 is 2.52 bits per heavy atom. The van der Waals surface area contributed by atoms with Crippen LogP contribution in [0, 0.1) is 5.92 Å². The first-order valence-corrected chi connectivity index (χ1v) is 11.1. The number of aliphatic imine (C=N–C) groups is 1. The zero-order valence-corrected chi connectivity index (χ0v) is 19.8. The van der Waals surface area contributed by atoms with Gasteiger partial charge in [-0.3, -0.25) is 9.67 Å². The van der Waals surface area contributed by atoms with Crippen molar-refractivity contribution in [1.29, 1.82) is 0 Å². The number of rotatable bonds is 11. The molecule has 2 atom stereocenters. The molecule has 29 heavy (non-hydrogen) atoms. The van der Waals surface area contributed by atoms with Gasteiger partial charge in [0.2, 0.25) is 0 Å². The number of hydrogen-bond acceptors (Lipinski definition) is 3. The fraction of sp³-hybridized carbons (Fsp3) is 0.667. The van der Waals surface area contributed by atoms with E-state index in [4.69, 9.17) is 4.99 Å². The molecule has 164 valence electrons. The highest BCUT2D eigenvalue weighted by Crippen LogP contribution is 2.26. The lowest BCUT2D eigenvalue weighted by Gasteiger charge is -2.26. The Morgan fingerprint density at radius 1 is 1.28 bits per heavy atom. The van der Waals surface area contributed by atoms with E-state index in [0.29, 0.717) is 0 Å². The summed E-state index contributed by atoms with van der Waals surface area (Å²) in [5.74, 6) is 2.11. The van der Waals surface area contributed by atoms with Gasteiger partial charge in [-0.05, 0) is 64.4 Å². The van der Waals surface area contributed by atoms with Gasteiger partial charge in [0, 0.05) is 12.6 Å². The lowest BCUT2D eigenvalue weighted by atomic mass is 9.87. The number of nitrogens with zero attached hydrogens (tertiary/aromatic N) is 3. The Hall–Kier alpha value is -1.88. The number of nitrogens with one attached hydrogen (secondary N) is 1. The molecular weight excluding hydrogens is 360 g/mol. The van der Waals surface area contributed by atoms with Crippen LogP contribution in [0.15, 0.2) is 29.4 Å². The molecule has 0 fully saturated rings. The summed E-state index contributed by atoms with van der Waals surface area (Å²) in [4.78, 5) is 4.92. The van der Waals surface area contributed by atoms with E-state index >= 15 is 0 Å². The van der Waals surface area contributed by atoms with Gasteiger partial charge in [-0.2, -0.15) is 5.10 Å². The van der Waals surface area contributed by atoms with Crippen molar-refractivity contribution in [2.45, 2.75) is 92.2 Å². The van der Waals surface area contributed by atoms with Gasteiger partial charge in [0.1, 0.15) is 5.82 Å². The van der Waals surface area contributed by atoms with Gasteiger partial charge < -0.3 is 10.4 Å². The molecule has 1 aromatic heterocycles. The molecule has 1 rings (SSSR count). The monoisotopic (exact) mass is 402 g/mol. The van der Waals surface area contributed by atoms with Crippen molar-refractivity contribution in [2.75, 3.05) is 5.32 Å². The molecular formula is C24H42N4O. The van der Waals surface area contributed by atoms with Gasteiger partial charge >= 0.3 is 0 Å². The van der Waals surface area contributed by atoms with Crippen LogP contribution in [-0.4, -0.2) is 32.4 Å². The van der Waals surface area contributed by atoms with Crippen LogP contribution in [0.1, 0.15) is 86.1 Å². The molecule has 1 heterocycles. The van der Waals surface area contributed by atoms with Crippen LogP contribution in [0.2, 0.25) is 0 Å². The predicted molar refractivity (Wildman–Crippen MR) is 126 cm³/mol. The molecule has 0 aliphatic rings. The zero-order valence-electron chi connectivity index (χ0n) is 19.8. The Labute approximate surface area is 178 Å². The molecule has 0 saturated heterocycles. The second-order valence-corrected chi connectivity index (χ2v) is 8.44. The fourth-order valence-corrected chi connectivity index (χ4v) is 3.16. The Morgan fingerprint density at radius 2 is 1.97 bits per heavy atom. The standard InChI is InChI=1S/C24H42N4O/c1-9-12-14-20(13-10-2)22-17-25-28(8)23(22)27-19(5)26-21(11-3)16-15-18(4)24(6,7)29/h12-14,17-18,21,29H,9-11,15-16H2,1-8H3,(H,26,27)/b14-12-,20-13+/t18?,21-/m1/s1. The first-order valence-electron chi connectivity index (χ1n) is 11.1. The molecule has 0 spiro atoms. The molecule has 0 amide bonds. The predicted octanol–water partition coefficient (Wildman–Crippen LogP) is 5.98. The van der Waals surface area contributed by atoms with E-state index in [1.807, 2.05) is 38.7 Å². The van der Waals surface area contributed by atoms with E-state index in [2.05, 4.69) is 56.3 Å². The molecule has 0 bridgehead atoms. The molecule has 5 nitrogen and oxygen atoms in total. The maximum atomic E-state index is 10.2. The third-order valence-corrected chi connectivity index (χ3v) is 5.49. The minimum Gasteiger partial charge on any atom is -0.390 e. The normalized spacial score (nSPS) is 15.8. The van der Waals surface area contributed by atoms with Crippen molar-refractivity contribution in [1.82, 2.24) is 9.78 Å². The third kappa shape index (κ3) is 8.17. The van der Waals surface area contributed by atoms with Crippen molar-refractivity contribution in [3.8, 4) is 0 Å². The first kappa shape index (κ1) is 25.2. The number of amidine groups is 1. The second-order valence-electron chi connectivity index (χ2n) is 8.44. The van der Waals surface area contributed by atoms with Crippen LogP contribution in [-0.2, 0) is 7.05 Å². The van der Waals surface area contributed by atoms with E-state index in [9.17, 15) is 5.11 Å². The van der Waals surface area contributed by atoms with Gasteiger partial charge in [0.25, 0.3) is 0 Å². The van der Waals surface area contributed by atoms with E-state index in [0.717, 1.165) is 49.3 Å². The second kappa shape index (κ2) is 12.0. The average molecular weight is 403 g/mol. The number of aryl methyl sites for hydroxylation is 1. The molecule has 0 aromatic carbocycles. The highest BCUT2D eigenvalue weighted by Gasteiger charge is 2.23. The molecule has 0 aliphatic heterocycles. The molecule has 2 N–H and O–H groups in total. The van der Waals surface area contributed by atoms with Crippen LogP contribution in [0.4, 0.5) is 5.82 Å². The number of allylic oxidation sites excluding steroid dienone is 4. The highest BCUT2D eigenvalue weighted by atomic mass is 16.3. The zero-order chi connectivity index (χ0) is 22.0. The van der Waals surface area contributed by atoms with Gasteiger partial charge in [-0.1, -0.05) is 45.9 Å². The Kier molecular flexibility index (Phi) is 10.4. The van der Waals surface area contributed by atoms with Gasteiger partial charge in [0.15, 0.2) is 0 Å². The molecule has 1 aromatic rings. The quantitative estimate of drug-likeness (QED) is 0.272. The fourth-order valence-electron chi connectivity index (χ4n) is 3.16. The van der Waals surface area contributed by atoms with Crippen LogP contribution >= 0.6 is 0 Å². The summed E-state index contributed by atoms with van der Waals surface area (Å²) in [7, 11) is 1.95. The number of aromatic nitrogens is 2. The van der Waals surface area contributed by atoms with E-state index < -0.39 is 5.60 Å². The maximum absolute atomic E-state index is 10.2. The maximum Gasteiger partial charge on any atom is 0.137 e. The molecule has 0 aliphatic carbocycles. The van der Waals surface area contributed by atoms with E-state index in [1.165, 1.54) is 5.57 Å². The summed E-state index contributed by atoms with van der Waals surface area (Å²) in [5, 5.41) is 18.1. The van der Waals surface area contributed by atoms with Gasteiger partial charge in [-0.15, -0.1) is 0 Å². The number of anilines is 1. The van der Waals surface area contributed by atoms with Gasteiger partial charge in [0.05, 0.1) is 23.7 Å². The van der Waals surface area contributed by atoms with Crippen LogP contribution in [0.5, 0.6) is 0 Å². The largest absolute Gasteiger partial charge is 0.390 e. The highest BCUT2D eigenvalue weighted by molar-refractivity contribution is 5.96. The van der Waals surface area contributed by atoms with Crippen molar-refractivity contribution < 1.29 is 5.11 Å². The summed E-state index contributed by atoms with van der Waals surface area (Å²) < 4.78 is 1.87. The lowest BCUT2D eigenvalue weighted by Crippen LogP contribution is -2.29. The van der Waals surface area contributed by atoms with Crippen molar-refractivity contribution in [3.63, 3.8) is 0 Å². The van der Waals surface area contributed by atoms with Gasteiger partial charge in [-0.25, -0.2) is 0 Å². The summed E-state index contributed by atoms with van der Waals surface area (Å²) in [6.07, 6.45) is 13.4. The summed E-state index contributed by atoms with van der Waals surface area (Å²) in [5.41, 5.74) is 1.63. The number of hydrogen-bond donors (Lipinski definition) is 2. The van der Waals surface area contributed by atoms with E-state index in [-0.39, 0.29) is 12.0 Å². The molecule has 1 unspecified atom stereocenters. The molecule has 0 saturated carbocycles. The topological polar surface area (TPSA) is 62.4 Å². The van der Waals surface area contributed by atoms with Crippen molar-refractivity contribution in [2.24, 2.45) is 18.0 Å². The Bertz CT molecular complexity index is 707. The molecule has 5 heteroatoms. The minimum atomic E-state index is -0.646. The smallest absolute Gasteiger partial charge is 0.137 e. The third-order valence-electron chi connectivity index (χ3n) is 5.49. The van der Waals surface area contributed by atoms with Crippen LogP contribution in [0.25, 0.3) is 5.57 Å². The summed E-state index contributed by atoms with van der Waals surface area (Å²) in [6.45, 7) is 14.3. The number of aliphatic hydroxyl groups is 1. The summed E-state index contributed by atoms with van der Waals surface area (Å²) >= 11 is 0. The SMILES string of the molecule is CC/C=C\C(=C/CC)c1cnn(C)c1NC(C)=N[C@H](CC)CCC(C)C(C)(C)O. The average Bonchev–Trinajstić information content (AvgIpc) is 3.01. The van der Waals surface area contributed by atoms with E-state index in [1.54, 1.807) is 0 Å². The lowest BCUT2D eigenvalue weighted by molar-refractivity contribution is 0.0199. The van der Waals surface area contributed by atoms with Crippen LogP contribution in [0.3, 0.4) is 0 Å². The molecule has 0 radical (unpaired) electrons. The Balaban J connectivity index is 2.97. The van der Waals surface area contributed by atoms with Crippen LogP contribution < -0.4 is 5.32 Å². The first-order chi connectivity index (χ1) is 13.6. The van der Waals surface area contributed by atoms with Crippen molar-refractivity contribution in [3.05, 3.63) is 30.0 Å². The summed E-state index contributed by atoms with van der Waals surface area (Å²) in [6, 6.07) is 0.245.